The molecular weight excluding hydrogens is 280 g/mol. The predicted molar refractivity (Wildman–Crippen MR) is 71.8 cm³/mol. The fourth-order valence-corrected chi connectivity index (χ4v) is 2.03. The molecule has 1 aliphatic carbocycles. The van der Waals surface area contributed by atoms with E-state index in [4.69, 9.17) is 4.74 Å². The van der Waals surface area contributed by atoms with Crippen LogP contribution in [0.4, 0.5) is 0 Å². The van der Waals surface area contributed by atoms with Crippen LogP contribution in [0.2, 0.25) is 0 Å². The van der Waals surface area contributed by atoms with Gasteiger partial charge in [-0.2, -0.15) is 0 Å². The fraction of sp³-hybridized carbons (Fsp3) is 0.615. The largest absolute Gasteiger partial charge is 0.381 e. The highest BCUT2D eigenvalue weighted by atomic mass is 79.9. The van der Waals surface area contributed by atoms with E-state index in [-0.39, 0.29) is 0 Å². The number of aromatic nitrogens is 1. The highest BCUT2D eigenvalue weighted by molar-refractivity contribution is 9.10. The molecule has 0 unspecified atom stereocenters. The zero-order valence-electron chi connectivity index (χ0n) is 9.99. The molecule has 0 saturated heterocycles. The van der Waals surface area contributed by atoms with Crippen molar-refractivity contribution >= 4 is 15.9 Å². The van der Waals surface area contributed by atoms with Crippen LogP contribution in [0.15, 0.2) is 22.9 Å². The van der Waals surface area contributed by atoms with E-state index in [9.17, 15) is 0 Å². The van der Waals surface area contributed by atoms with Crippen LogP contribution in [0.1, 0.15) is 24.8 Å². The number of ether oxygens (including phenoxy) is 1. The zero-order chi connectivity index (χ0) is 11.9. The third-order valence-corrected chi connectivity index (χ3v) is 3.22. The van der Waals surface area contributed by atoms with E-state index in [0.29, 0.717) is 0 Å². The maximum absolute atomic E-state index is 5.57. The van der Waals surface area contributed by atoms with Gasteiger partial charge in [-0.15, -0.1) is 0 Å². The van der Waals surface area contributed by atoms with Gasteiger partial charge < -0.3 is 10.1 Å². The van der Waals surface area contributed by atoms with Gasteiger partial charge in [0.05, 0.1) is 0 Å². The quantitative estimate of drug-likeness (QED) is 0.750. The maximum atomic E-state index is 5.57. The lowest BCUT2D eigenvalue weighted by molar-refractivity contribution is 0.122. The molecule has 1 aromatic heterocycles. The van der Waals surface area contributed by atoms with Gasteiger partial charge >= 0.3 is 0 Å². The summed E-state index contributed by atoms with van der Waals surface area (Å²) in [4.78, 5) is 4.13. The Kier molecular flexibility index (Phi) is 5.42. The van der Waals surface area contributed by atoms with Crippen molar-refractivity contribution in [2.75, 3.05) is 19.8 Å². The number of rotatable bonds is 8. The lowest BCUT2D eigenvalue weighted by Gasteiger charge is -2.05. The van der Waals surface area contributed by atoms with E-state index in [1.54, 1.807) is 6.20 Å². The van der Waals surface area contributed by atoms with E-state index in [1.807, 2.05) is 6.20 Å². The fourth-order valence-electron chi connectivity index (χ4n) is 1.62. The van der Waals surface area contributed by atoms with E-state index in [1.165, 1.54) is 18.4 Å². The molecule has 0 amide bonds. The summed E-state index contributed by atoms with van der Waals surface area (Å²) < 4.78 is 6.60. The zero-order valence-corrected chi connectivity index (χ0v) is 11.6. The minimum absolute atomic E-state index is 0.870. The number of nitrogens with zero attached hydrogens (tertiary/aromatic N) is 1. The van der Waals surface area contributed by atoms with Crippen LogP contribution in [-0.4, -0.2) is 24.7 Å². The molecule has 0 bridgehead atoms. The van der Waals surface area contributed by atoms with Crippen LogP contribution < -0.4 is 5.32 Å². The highest BCUT2D eigenvalue weighted by Crippen LogP contribution is 2.28. The van der Waals surface area contributed by atoms with Crippen LogP contribution >= 0.6 is 15.9 Å². The summed E-state index contributed by atoms with van der Waals surface area (Å²) in [6, 6.07) is 2.09. The lowest BCUT2D eigenvalue weighted by atomic mass is 10.3. The molecule has 1 aliphatic rings. The van der Waals surface area contributed by atoms with Gasteiger partial charge in [0.2, 0.25) is 0 Å². The van der Waals surface area contributed by atoms with Gasteiger partial charge in [0.1, 0.15) is 0 Å². The second kappa shape index (κ2) is 7.09. The van der Waals surface area contributed by atoms with Crippen molar-refractivity contribution in [2.24, 2.45) is 5.92 Å². The Morgan fingerprint density at radius 2 is 2.29 bits per heavy atom. The molecule has 0 aromatic carbocycles. The molecule has 17 heavy (non-hydrogen) atoms. The van der Waals surface area contributed by atoms with Crippen molar-refractivity contribution in [3.63, 3.8) is 0 Å². The number of pyridine rings is 1. The first-order valence-corrected chi connectivity index (χ1v) is 7.02. The van der Waals surface area contributed by atoms with Crippen molar-refractivity contribution in [1.29, 1.82) is 0 Å². The Morgan fingerprint density at radius 3 is 3.06 bits per heavy atom. The SMILES string of the molecule is Brc1cncc(CNCCCOCC2CC2)c1. The molecule has 0 radical (unpaired) electrons. The molecule has 0 atom stereocenters. The predicted octanol–water partition coefficient (Wildman–Crippen LogP) is 2.75. The molecule has 94 valence electrons. The normalized spacial score (nSPS) is 15.1. The summed E-state index contributed by atoms with van der Waals surface area (Å²) in [6.07, 6.45) is 7.51. The maximum Gasteiger partial charge on any atom is 0.0494 e. The van der Waals surface area contributed by atoms with E-state index < -0.39 is 0 Å². The first-order chi connectivity index (χ1) is 8.34. The molecule has 0 spiro atoms. The summed E-state index contributed by atoms with van der Waals surface area (Å²) in [5, 5.41) is 3.39. The number of nitrogens with one attached hydrogen (secondary N) is 1. The highest BCUT2D eigenvalue weighted by Gasteiger charge is 2.20. The van der Waals surface area contributed by atoms with Crippen LogP contribution in [-0.2, 0) is 11.3 Å². The summed E-state index contributed by atoms with van der Waals surface area (Å²) in [5.74, 6) is 0.871. The molecular formula is C13H19BrN2O. The molecule has 0 aliphatic heterocycles. The topological polar surface area (TPSA) is 34.2 Å². The van der Waals surface area contributed by atoms with Gasteiger partial charge in [0, 0.05) is 36.6 Å². The van der Waals surface area contributed by atoms with E-state index >= 15 is 0 Å². The van der Waals surface area contributed by atoms with Crippen molar-refractivity contribution in [1.82, 2.24) is 10.3 Å². The smallest absolute Gasteiger partial charge is 0.0494 e. The first kappa shape index (κ1) is 13.0. The molecule has 1 saturated carbocycles. The van der Waals surface area contributed by atoms with Gasteiger partial charge in [-0.1, -0.05) is 0 Å². The van der Waals surface area contributed by atoms with Crippen LogP contribution in [0, 0.1) is 5.92 Å². The van der Waals surface area contributed by atoms with Crippen molar-refractivity contribution in [2.45, 2.75) is 25.8 Å². The summed E-state index contributed by atoms with van der Waals surface area (Å²) in [5.41, 5.74) is 1.21. The van der Waals surface area contributed by atoms with Gasteiger partial charge in [-0.3, -0.25) is 4.98 Å². The minimum Gasteiger partial charge on any atom is -0.381 e. The summed E-state index contributed by atoms with van der Waals surface area (Å²) in [6.45, 7) is 3.71. The number of halogens is 1. The second-order valence-corrected chi connectivity index (χ2v) is 5.48. The van der Waals surface area contributed by atoms with Gasteiger partial charge in [0.15, 0.2) is 0 Å². The molecule has 1 aromatic rings. The molecule has 1 heterocycles. The molecule has 1 N–H and O–H groups in total. The molecule has 3 nitrogen and oxygen atoms in total. The minimum atomic E-state index is 0.870. The van der Waals surface area contributed by atoms with Gasteiger partial charge in [-0.25, -0.2) is 0 Å². The van der Waals surface area contributed by atoms with E-state index in [2.05, 4.69) is 32.3 Å². The molecule has 1 fully saturated rings. The Balaban J connectivity index is 1.47. The molecule has 2 rings (SSSR count). The monoisotopic (exact) mass is 298 g/mol. The summed E-state index contributed by atoms with van der Waals surface area (Å²) in [7, 11) is 0. The third-order valence-electron chi connectivity index (χ3n) is 2.78. The van der Waals surface area contributed by atoms with E-state index in [0.717, 1.165) is 43.1 Å². The number of hydrogen-bond donors (Lipinski definition) is 1. The Morgan fingerprint density at radius 1 is 1.41 bits per heavy atom. The molecule has 4 heteroatoms. The lowest BCUT2D eigenvalue weighted by Crippen LogP contribution is -2.16. The van der Waals surface area contributed by atoms with Gasteiger partial charge in [0.25, 0.3) is 0 Å². The first-order valence-electron chi connectivity index (χ1n) is 6.22. The average Bonchev–Trinajstić information content (AvgIpc) is 3.12. The Bertz CT molecular complexity index is 342. The van der Waals surface area contributed by atoms with Crippen molar-refractivity contribution < 1.29 is 4.74 Å². The Hall–Kier alpha value is -0.450. The van der Waals surface area contributed by atoms with Crippen LogP contribution in [0.5, 0.6) is 0 Å². The number of hydrogen-bond acceptors (Lipinski definition) is 3. The second-order valence-electron chi connectivity index (χ2n) is 4.56. The van der Waals surface area contributed by atoms with Crippen LogP contribution in [0.3, 0.4) is 0 Å². The summed E-state index contributed by atoms with van der Waals surface area (Å²) >= 11 is 3.41. The standard InChI is InChI=1S/C13H19BrN2O/c14-13-6-12(8-16-9-13)7-15-4-1-5-17-10-11-2-3-11/h6,8-9,11,15H,1-5,7,10H2. The third kappa shape index (κ3) is 5.61. The van der Waals surface area contributed by atoms with Crippen molar-refractivity contribution in [3.05, 3.63) is 28.5 Å². The van der Waals surface area contributed by atoms with Crippen molar-refractivity contribution in [3.8, 4) is 0 Å². The van der Waals surface area contributed by atoms with Gasteiger partial charge in [-0.05, 0) is 59.3 Å². The average molecular weight is 299 g/mol. The van der Waals surface area contributed by atoms with Crippen LogP contribution in [0.25, 0.3) is 0 Å². The Labute approximate surface area is 111 Å².